The molecule has 2 N–H and O–H groups in total. The average molecular weight is 287 g/mol. The molecule has 0 amide bonds. The van der Waals surface area contributed by atoms with Crippen molar-refractivity contribution in [1.29, 1.82) is 0 Å². The Labute approximate surface area is 122 Å². The van der Waals surface area contributed by atoms with E-state index in [1.54, 1.807) is 6.92 Å². The van der Waals surface area contributed by atoms with E-state index in [9.17, 15) is 4.79 Å². The number of nitrogens with zero attached hydrogens (tertiary/aromatic N) is 3. The first-order valence-electron chi connectivity index (χ1n) is 6.86. The maximum absolute atomic E-state index is 11.5. The van der Waals surface area contributed by atoms with Crippen molar-refractivity contribution >= 4 is 17.3 Å². The van der Waals surface area contributed by atoms with Gasteiger partial charge in [0.05, 0.1) is 13.2 Å². The van der Waals surface area contributed by atoms with Gasteiger partial charge in [-0.05, 0) is 31.2 Å². The van der Waals surface area contributed by atoms with Gasteiger partial charge in [0, 0.05) is 24.5 Å². The van der Waals surface area contributed by atoms with Crippen molar-refractivity contribution in [2.24, 2.45) is 0 Å². The zero-order valence-electron chi connectivity index (χ0n) is 11.8. The molecule has 1 aromatic heterocycles. The number of ether oxygens (including phenoxy) is 1. The van der Waals surface area contributed by atoms with Gasteiger partial charge in [-0.1, -0.05) is 0 Å². The Hall–Kier alpha value is -2.41. The Morgan fingerprint density at radius 3 is 2.57 bits per heavy atom. The molecule has 2 aromatic rings. The monoisotopic (exact) mass is 287 g/mol. The van der Waals surface area contributed by atoms with E-state index in [0.717, 1.165) is 37.7 Å². The van der Waals surface area contributed by atoms with Gasteiger partial charge in [-0.25, -0.2) is 0 Å². The molecule has 0 spiro atoms. The number of hydrogen-bond acceptors (Lipinski definition) is 6. The van der Waals surface area contributed by atoms with Crippen LogP contribution in [0, 0.1) is 6.92 Å². The summed E-state index contributed by atoms with van der Waals surface area (Å²) in [5, 5.41) is 10.7. The molecule has 3 rings (SSSR count). The van der Waals surface area contributed by atoms with Crippen LogP contribution in [0.3, 0.4) is 0 Å². The van der Waals surface area contributed by atoms with Gasteiger partial charge >= 0.3 is 0 Å². The summed E-state index contributed by atoms with van der Waals surface area (Å²) < 4.78 is 5.34. The summed E-state index contributed by atoms with van der Waals surface area (Å²) in [6.07, 6.45) is 0. The SMILES string of the molecule is Cc1nnc(Nc2ccc(N3CCOCC3)cc2)[nH]c1=O. The highest BCUT2D eigenvalue weighted by molar-refractivity contribution is 5.59. The first-order chi connectivity index (χ1) is 10.2. The Kier molecular flexibility index (Phi) is 3.83. The standard InChI is InChI=1S/C14H17N5O2/c1-10-13(20)16-14(18-17-10)15-11-2-4-12(5-3-11)19-6-8-21-9-7-19/h2-5H,6-9H2,1H3,(H2,15,16,18,20). The summed E-state index contributed by atoms with van der Waals surface area (Å²) in [6, 6.07) is 7.97. The number of aryl methyl sites for hydroxylation is 1. The number of aromatic nitrogens is 3. The zero-order valence-corrected chi connectivity index (χ0v) is 11.8. The molecule has 0 saturated carbocycles. The van der Waals surface area contributed by atoms with Crippen LogP contribution in [0.2, 0.25) is 0 Å². The highest BCUT2D eigenvalue weighted by atomic mass is 16.5. The van der Waals surface area contributed by atoms with Crippen LogP contribution in [0.15, 0.2) is 29.1 Å². The summed E-state index contributed by atoms with van der Waals surface area (Å²) in [6.45, 7) is 4.96. The van der Waals surface area contributed by atoms with Gasteiger partial charge in [0.2, 0.25) is 5.95 Å². The first-order valence-corrected chi connectivity index (χ1v) is 6.86. The first kappa shape index (κ1) is 13.6. The van der Waals surface area contributed by atoms with Crippen LogP contribution < -0.4 is 15.8 Å². The summed E-state index contributed by atoms with van der Waals surface area (Å²) in [5.74, 6) is 0.338. The van der Waals surface area contributed by atoms with Crippen LogP contribution in [0.25, 0.3) is 0 Å². The lowest BCUT2D eigenvalue weighted by molar-refractivity contribution is 0.122. The second-order valence-corrected chi connectivity index (χ2v) is 4.86. The van der Waals surface area contributed by atoms with E-state index in [2.05, 4.69) is 25.4 Å². The maximum Gasteiger partial charge on any atom is 0.273 e. The molecule has 0 atom stereocenters. The lowest BCUT2D eigenvalue weighted by Crippen LogP contribution is -2.36. The van der Waals surface area contributed by atoms with Crippen molar-refractivity contribution in [2.45, 2.75) is 6.92 Å². The van der Waals surface area contributed by atoms with E-state index in [0.29, 0.717) is 11.6 Å². The number of hydrogen-bond donors (Lipinski definition) is 2. The minimum atomic E-state index is -0.238. The van der Waals surface area contributed by atoms with Crippen molar-refractivity contribution in [1.82, 2.24) is 15.2 Å². The topological polar surface area (TPSA) is 83.1 Å². The number of aromatic amines is 1. The molecule has 0 unspecified atom stereocenters. The predicted octanol–water partition coefficient (Wildman–Crippen LogP) is 1.05. The van der Waals surface area contributed by atoms with E-state index in [-0.39, 0.29) is 5.56 Å². The van der Waals surface area contributed by atoms with Gasteiger partial charge in [0.1, 0.15) is 5.69 Å². The molecule has 2 heterocycles. The number of anilines is 3. The molecule has 1 aliphatic heterocycles. The summed E-state index contributed by atoms with van der Waals surface area (Å²) in [5.41, 5.74) is 2.12. The highest BCUT2D eigenvalue weighted by Crippen LogP contribution is 2.20. The van der Waals surface area contributed by atoms with E-state index in [1.165, 1.54) is 0 Å². The Balaban J connectivity index is 1.71. The van der Waals surface area contributed by atoms with Gasteiger partial charge < -0.3 is 15.0 Å². The van der Waals surface area contributed by atoms with Crippen molar-refractivity contribution in [3.05, 3.63) is 40.3 Å². The molecule has 110 valence electrons. The van der Waals surface area contributed by atoms with Crippen LogP contribution in [-0.4, -0.2) is 41.5 Å². The second kappa shape index (κ2) is 5.92. The number of rotatable bonds is 3. The smallest absolute Gasteiger partial charge is 0.273 e. The van der Waals surface area contributed by atoms with E-state index in [4.69, 9.17) is 4.74 Å². The van der Waals surface area contributed by atoms with Crippen molar-refractivity contribution < 1.29 is 4.74 Å². The molecule has 0 bridgehead atoms. The third-order valence-corrected chi connectivity index (χ3v) is 3.37. The van der Waals surface area contributed by atoms with Gasteiger partial charge in [-0.2, -0.15) is 0 Å². The minimum absolute atomic E-state index is 0.238. The molecule has 0 radical (unpaired) electrons. The van der Waals surface area contributed by atoms with Gasteiger partial charge in [-0.15, -0.1) is 10.2 Å². The third kappa shape index (κ3) is 3.19. The largest absolute Gasteiger partial charge is 0.378 e. The van der Waals surface area contributed by atoms with Crippen LogP contribution >= 0.6 is 0 Å². The lowest BCUT2D eigenvalue weighted by atomic mass is 10.2. The number of morpholine rings is 1. The normalized spacial score (nSPS) is 15.0. The number of benzene rings is 1. The summed E-state index contributed by atoms with van der Waals surface area (Å²) >= 11 is 0. The summed E-state index contributed by atoms with van der Waals surface area (Å²) in [7, 11) is 0. The van der Waals surface area contributed by atoms with E-state index < -0.39 is 0 Å². The Morgan fingerprint density at radius 1 is 1.19 bits per heavy atom. The molecule has 7 heteroatoms. The molecule has 1 aromatic carbocycles. The van der Waals surface area contributed by atoms with Gasteiger partial charge in [-0.3, -0.25) is 9.78 Å². The fourth-order valence-corrected chi connectivity index (χ4v) is 2.16. The van der Waals surface area contributed by atoms with Crippen LogP contribution in [0.1, 0.15) is 5.69 Å². The Bertz CT molecular complexity index is 662. The molecular weight excluding hydrogens is 270 g/mol. The van der Waals surface area contributed by atoms with E-state index in [1.807, 2.05) is 24.3 Å². The molecule has 21 heavy (non-hydrogen) atoms. The maximum atomic E-state index is 11.5. The fraction of sp³-hybridized carbons (Fsp3) is 0.357. The molecular formula is C14H17N5O2. The van der Waals surface area contributed by atoms with Crippen LogP contribution in [0.5, 0.6) is 0 Å². The zero-order chi connectivity index (χ0) is 14.7. The second-order valence-electron chi connectivity index (χ2n) is 4.86. The number of nitrogens with one attached hydrogen (secondary N) is 2. The highest BCUT2D eigenvalue weighted by Gasteiger charge is 2.10. The van der Waals surface area contributed by atoms with E-state index >= 15 is 0 Å². The Morgan fingerprint density at radius 2 is 1.90 bits per heavy atom. The molecule has 1 saturated heterocycles. The summed E-state index contributed by atoms with van der Waals surface area (Å²) in [4.78, 5) is 16.4. The predicted molar refractivity (Wildman–Crippen MR) is 80.1 cm³/mol. The van der Waals surface area contributed by atoms with Crippen molar-refractivity contribution in [2.75, 3.05) is 36.5 Å². The molecule has 7 nitrogen and oxygen atoms in total. The molecule has 1 aliphatic rings. The lowest BCUT2D eigenvalue weighted by Gasteiger charge is -2.28. The van der Waals surface area contributed by atoms with Crippen molar-refractivity contribution in [3.63, 3.8) is 0 Å². The fourth-order valence-electron chi connectivity index (χ4n) is 2.16. The molecule has 1 fully saturated rings. The number of H-pyrrole nitrogens is 1. The molecule has 0 aliphatic carbocycles. The van der Waals surface area contributed by atoms with Crippen LogP contribution in [-0.2, 0) is 4.74 Å². The van der Waals surface area contributed by atoms with Crippen molar-refractivity contribution in [3.8, 4) is 0 Å². The average Bonchev–Trinajstić information content (AvgIpc) is 2.53. The third-order valence-electron chi connectivity index (χ3n) is 3.37. The van der Waals surface area contributed by atoms with Crippen LogP contribution in [0.4, 0.5) is 17.3 Å². The van der Waals surface area contributed by atoms with Gasteiger partial charge in [0.25, 0.3) is 5.56 Å². The minimum Gasteiger partial charge on any atom is -0.378 e. The quantitative estimate of drug-likeness (QED) is 0.878. The van der Waals surface area contributed by atoms with Gasteiger partial charge in [0.15, 0.2) is 0 Å².